The van der Waals surface area contributed by atoms with Gasteiger partial charge in [0.1, 0.15) is 11.5 Å². The molecule has 0 aromatic heterocycles. The first kappa shape index (κ1) is 23.3. The lowest BCUT2D eigenvalue weighted by atomic mass is 9.40. The number of hydrogen-bond donors (Lipinski definition) is 0. The van der Waals surface area contributed by atoms with E-state index in [1.165, 1.54) is 0 Å². The highest BCUT2D eigenvalue weighted by Crippen LogP contribution is 2.32. The van der Waals surface area contributed by atoms with Crippen LogP contribution in [-0.4, -0.2) is 30.8 Å². The van der Waals surface area contributed by atoms with Crippen LogP contribution < -0.4 is 15.7 Å². The minimum Gasteiger partial charge on any atom is -0.649 e. The molecule has 0 atom stereocenters. The zero-order valence-corrected chi connectivity index (χ0v) is 20.7. The van der Waals surface area contributed by atoms with Crippen molar-refractivity contribution in [1.82, 2.24) is 0 Å². The first-order valence-electron chi connectivity index (χ1n) is 12.0. The van der Waals surface area contributed by atoms with Crippen LogP contribution in [0.1, 0.15) is 12.5 Å². The van der Waals surface area contributed by atoms with Crippen molar-refractivity contribution in [3.05, 3.63) is 127 Å². The van der Waals surface area contributed by atoms with Crippen molar-refractivity contribution in [2.75, 3.05) is 14.2 Å². The lowest BCUT2D eigenvalue weighted by Gasteiger charge is -2.42. The molecule has 0 aliphatic carbocycles. The summed E-state index contributed by atoms with van der Waals surface area (Å²) >= 11 is 0. The van der Waals surface area contributed by atoms with Gasteiger partial charge in [-0.2, -0.15) is 5.11 Å². The van der Waals surface area contributed by atoms with Crippen molar-refractivity contribution in [2.24, 2.45) is 10.2 Å². The molecule has 36 heavy (non-hydrogen) atoms. The second kappa shape index (κ2) is 10.0. The van der Waals surface area contributed by atoms with Crippen LogP contribution in [-0.2, 0) is 4.65 Å². The van der Waals surface area contributed by atoms with E-state index in [9.17, 15) is 0 Å². The van der Waals surface area contributed by atoms with Crippen LogP contribution in [0, 0.1) is 0 Å². The van der Waals surface area contributed by atoms with Crippen molar-refractivity contribution >= 4 is 34.6 Å². The maximum atomic E-state index is 7.13. The molecule has 0 spiro atoms. The summed E-state index contributed by atoms with van der Waals surface area (Å²) in [5.41, 5.74) is 5.54. The van der Waals surface area contributed by atoms with E-state index in [0.717, 1.165) is 33.6 Å². The van der Waals surface area contributed by atoms with Crippen LogP contribution in [0.15, 0.2) is 131 Å². The number of azo groups is 1. The summed E-state index contributed by atoms with van der Waals surface area (Å²) in [6.45, 7) is 0.296. The molecule has 6 heteroatoms. The van der Waals surface area contributed by atoms with Gasteiger partial charge >= 0.3 is 6.48 Å². The number of nitrogens with zero attached hydrogens (tertiary/aromatic N) is 3. The van der Waals surface area contributed by atoms with Crippen LogP contribution in [0.3, 0.4) is 0 Å². The Hall–Kier alpha value is -4.45. The van der Waals surface area contributed by atoms with Gasteiger partial charge in [0.2, 0.25) is 0 Å². The van der Waals surface area contributed by atoms with E-state index in [1.807, 2.05) is 66.7 Å². The van der Waals surface area contributed by atoms with Crippen molar-refractivity contribution < 1.29 is 13.9 Å². The highest BCUT2D eigenvalue weighted by Gasteiger charge is 2.49. The van der Waals surface area contributed by atoms with Crippen LogP contribution in [0.4, 0.5) is 5.69 Å². The quantitative estimate of drug-likeness (QED) is 0.273. The molecule has 0 N–H and O–H groups in total. The highest BCUT2D eigenvalue weighted by atomic mass is 16.5. The van der Waals surface area contributed by atoms with Gasteiger partial charge in [-0.1, -0.05) is 102 Å². The van der Waals surface area contributed by atoms with E-state index in [2.05, 4.69) is 72.1 Å². The number of allylic oxidation sites excluding steroid dienone is 1. The highest BCUT2D eigenvalue weighted by molar-refractivity contribution is 6.92. The normalized spacial score (nSPS) is 15.2. The van der Waals surface area contributed by atoms with E-state index >= 15 is 0 Å². The zero-order chi connectivity index (χ0) is 25.0. The molecule has 4 aromatic rings. The summed E-state index contributed by atoms with van der Waals surface area (Å²) in [4.78, 5) is 0. The summed E-state index contributed by atoms with van der Waals surface area (Å²) < 4.78 is 14.6. The molecule has 5 rings (SSSR count). The molecule has 0 saturated heterocycles. The smallest absolute Gasteiger partial charge is 0.508 e. The molecule has 0 unspecified atom stereocenters. The van der Waals surface area contributed by atoms with E-state index in [1.54, 1.807) is 7.11 Å². The Morgan fingerprint density at radius 3 is 1.75 bits per heavy atom. The Balaban J connectivity index is 1.71. The topological polar surface area (TPSA) is 46.2 Å². The standard InChI is InChI=1S/C30H28BN3O2/c1-23-29(33-32-27-19-21-28(35-3)22-20-27)30(24-13-7-4-8-14-24)36-31(34(23)2,25-15-9-5-10-16-25)26-17-11-6-12-18-26/h4-22H,1-3H3. The fraction of sp³-hybridized carbons (Fsp3) is 0.100. The van der Waals surface area contributed by atoms with Crippen molar-refractivity contribution in [3.63, 3.8) is 0 Å². The zero-order valence-electron chi connectivity index (χ0n) is 20.7. The summed E-state index contributed by atoms with van der Waals surface area (Å²) in [6, 6.07) is 38.4. The molecular weight excluding hydrogens is 445 g/mol. The van der Waals surface area contributed by atoms with Crippen LogP contribution >= 0.6 is 0 Å². The predicted molar refractivity (Wildman–Crippen MR) is 147 cm³/mol. The molecule has 0 bridgehead atoms. The Morgan fingerprint density at radius 1 is 0.694 bits per heavy atom. The third-order valence-electron chi connectivity index (χ3n) is 6.80. The number of methoxy groups -OCH3 is 1. The lowest BCUT2D eigenvalue weighted by Crippen LogP contribution is -2.70. The Labute approximate surface area is 212 Å². The average molecular weight is 473 g/mol. The van der Waals surface area contributed by atoms with Gasteiger partial charge in [-0.3, -0.25) is 0 Å². The minimum absolute atomic E-state index is 0.698. The molecule has 0 saturated carbocycles. The molecule has 4 aromatic carbocycles. The van der Waals surface area contributed by atoms with Gasteiger partial charge in [0.05, 0.1) is 19.8 Å². The summed E-state index contributed by atoms with van der Waals surface area (Å²) in [6.07, 6.45) is 0. The van der Waals surface area contributed by atoms with Gasteiger partial charge in [-0.05, 0) is 24.3 Å². The number of hydrogen-bond acceptors (Lipinski definition) is 4. The largest absolute Gasteiger partial charge is 0.649 e. The molecule has 178 valence electrons. The third-order valence-corrected chi connectivity index (χ3v) is 6.80. The number of rotatable bonds is 6. The molecule has 0 fully saturated rings. The second-order valence-electron chi connectivity index (χ2n) is 8.82. The van der Waals surface area contributed by atoms with Gasteiger partial charge in [-0.25, -0.2) is 0 Å². The molecule has 5 nitrogen and oxygen atoms in total. The van der Waals surface area contributed by atoms with Gasteiger partial charge < -0.3 is 13.9 Å². The summed E-state index contributed by atoms with van der Waals surface area (Å²) in [5, 5.41) is 9.27. The molecule has 0 amide bonds. The van der Waals surface area contributed by atoms with Crippen molar-refractivity contribution in [1.29, 1.82) is 0 Å². The van der Waals surface area contributed by atoms with Gasteiger partial charge in [-0.15, -0.1) is 5.11 Å². The lowest BCUT2D eigenvalue weighted by molar-refractivity contribution is -0.374. The first-order valence-corrected chi connectivity index (χ1v) is 12.0. The Kier molecular flexibility index (Phi) is 6.50. The van der Waals surface area contributed by atoms with E-state index in [0.29, 0.717) is 11.5 Å². The van der Waals surface area contributed by atoms with Crippen molar-refractivity contribution in [2.45, 2.75) is 6.92 Å². The third kappa shape index (κ3) is 4.22. The fourth-order valence-electron chi connectivity index (χ4n) is 4.78. The summed E-state index contributed by atoms with van der Waals surface area (Å²) in [5.74, 6) is 1.48. The Morgan fingerprint density at radius 2 is 1.22 bits per heavy atom. The molecule has 0 radical (unpaired) electrons. The van der Waals surface area contributed by atoms with Crippen LogP contribution in [0.5, 0.6) is 5.75 Å². The van der Waals surface area contributed by atoms with E-state index < -0.39 is 6.48 Å². The van der Waals surface area contributed by atoms with Gasteiger partial charge in [0.15, 0.2) is 11.4 Å². The average Bonchev–Trinajstić information content (AvgIpc) is 2.95. The number of ether oxygens (including phenoxy) is 1. The molecule has 1 aliphatic rings. The predicted octanol–water partition coefficient (Wildman–Crippen LogP) is 5.54. The monoisotopic (exact) mass is 473 g/mol. The Bertz CT molecular complexity index is 1390. The van der Waals surface area contributed by atoms with Gasteiger partial charge in [0.25, 0.3) is 0 Å². The summed E-state index contributed by atoms with van der Waals surface area (Å²) in [7, 11) is 3.72. The maximum absolute atomic E-state index is 7.13. The molecular formula is C30H28BN3O2. The molecule has 1 aliphatic heterocycles. The number of benzene rings is 4. The fourth-order valence-corrected chi connectivity index (χ4v) is 4.78. The van der Waals surface area contributed by atoms with E-state index in [-0.39, 0.29) is 0 Å². The second-order valence-corrected chi connectivity index (χ2v) is 8.82. The minimum atomic E-state index is -1.78. The van der Waals surface area contributed by atoms with Crippen LogP contribution in [0.2, 0.25) is 0 Å². The maximum Gasteiger partial charge on any atom is 0.508 e. The molecule has 1 heterocycles. The van der Waals surface area contributed by atoms with Gasteiger partial charge in [0, 0.05) is 12.5 Å². The SMILES string of the molecule is COc1ccc(N=NC2=C(c3ccccc3)O[B-](c3ccccc3)(c3ccccc3)[N+](C)=C2C)cc1. The van der Waals surface area contributed by atoms with Crippen LogP contribution in [0.25, 0.3) is 5.76 Å². The van der Waals surface area contributed by atoms with Crippen molar-refractivity contribution in [3.8, 4) is 5.75 Å². The first-order chi connectivity index (χ1) is 17.6. The van der Waals surface area contributed by atoms with E-state index in [4.69, 9.17) is 14.5 Å².